The van der Waals surface area contributed by atoms with Gasteiger partial charge in [0, 0.05) is 22.6 Å². The van der Waals surface area contributed by atoms with Crippen LogP contribution in [0.25, 0.3) is 10.9 Å². The Kier molecular flexibility index (Phi) is 4.06. The lowest BCUT2D eigenvalue weighted by molar-refractivity contribution is 0.629. The molecule has 0 radical (unpaired) electrons. The first kappa shape index (κ1) is 14.5. The molecule has 3 aromatic rings. The molecule has 0 saturated carbocycles. The molecule has 0 amide bonds. The third-order valence-corrected chi connectivity index (χ3v) is 3.71. The second-order valence-electron chi connectivity index (χ2n) is 4.91. The molecule has 0 fully saturated rings. The van der Waals surface area contributed by atoms with Gasteiger partial charge in [0.15, 0.2) is 0 Å². The van der Waals surface area contributed by atoms with Gasteiger partial charge in [-0.2, -0.15) is 0 Å². The predicted molar refractivity (Wildman–Crippen MR) is 87.6 cm³/mol. The smallest absolute Gasteiger partial charge is 0.137 e. The molecule has 0 unspecified atom stereocenters. The predicted octanol–water partition coefficient (Wildman–Crippen LogP) is 3.66. The van der Waals surface area contributed by atoms with Crippen molar-refractivity contribution in [3.63, 3.8) is 0 Å². The molecule has 6 heteroatoms. The molecular formula is C16H14ClFN4. The summed E-state index contributed by atoms with van der Waals surface area (Å²) in [6.07, 6.45) is 2.17. The largest absolute Gasteiger partial charge is 0.399 e. The van der Waals surface area contributed by atoms with Crippen molar-refractivity contribution in [2.75, 3.05) is 17.6 Å². The maximum atomic E-state index is 13.4. The Morgan fingerprint density at radius 1 is 1.14 bits per heavy atom. The van der Waals surface area contributed by atoms with Crippen LogP contribution in [0.1, 0.15) is 5.56 Å². The number of fused-ring (bicyclic) bond motifs is 1. The van der Waals surface area contributed by atoms with E-state index in [1.54, 1.807) is 12.1 Å². The number of anilines is 2. The maximum absolute atomic E-state index is 13.4. The summed E-state index contributed by atoms with van der Waals surface area (Å²) in [6, 6.07) is 9.88. The van der Waals surface area contributed by atoms with Crippen LogP contribution in [0.2, 0.25) is 5.02 Å². The van der Waals surface area contributed by atoms with Crippen LogP contribution in [-0.4, -0.2) is 16.5 Å². The fourth-order valence-corrected chi connectivity index (χ4v) is 2.54. The number of benzene rings is 2. The highest BCUT2D eigenvalue weighted by Gasteiger charge is 2.06. The van der Waals surface area contributed by atoms with Crippen molar-refractivity contribution in [3.05, 3.63) is 59.1 Å². The lowest BCUT2D eigenvalue weighted by Crippen LogP contribution is -2.07. The number of hydrogen-bond acceptors (Lipinski definition) is 4. The summed E-state index contributed by atoms with van der Waals surface area (Å²) in [7, 11) is 0. The van der Waals surface area contributed by atoms with Crippen LogP contribution in [0.4, 0.5) is 15.9 Å². The molecule has 1 heterocycles. The third kappa shape index (κ3) is 3.09. The van der Waals surface area contributed by atoms with Gasteiger partial charge < -0.3 is 11.1 Å². The van der Waals surface area contributed by atoms with Crippen LogP contribution in [0.3, 0.4) is 0 Å². The second-order valence-corrected chi connectivity index (χ2v) is 5.32. The van der Waals surface area contributed by atoms with Gasteiger partial charge in [-0.3, -0.25) is 0 Å². The fourth-order valence-electron chi connectivity index (χ4n) is 2.25. The van der Waals surface area contributed by atoms with Gasteiger partial charge in [-0.1, -0.05) is 17.7 Å². The van der Waals surface area contributed by atoms with Gasteiger partial charge in [-0.05, 0) is 42.3 Å². The summed E-state index contributed by atoms with van der Waals surface area (Å²) in [5.74, 6) is 0.294. The zero-order valence-electron chi connectivity index (χ0n) is 11.7. The molecule has 0 aliphatic heterocycles. The number of nitrogen functional groups attached to an aromatic ring is 1. The number of aromatic nitrogens is 2. The summed E-state index contributed by atoms with van der Waals surface area (Å²) >= 11 is 6.14. The first-order chi connectivity index (χ1) is 10.6. The van der Waals surface area contributed by atoms with Crippen molar-refractivity contribution < 1.29 is 4.39 Å². The molecule has 3 rings (SSSR count). The van der Waals surface area contributed by atoms with Gasteiger partial charge in [0.1, 0.15) is 18.0 Å². The number of nitrogens with two attached hydrogens (primary N) is 1. The topological polar surface area (TPSA) is 63.8 Å². The minimum atomic E-state index is -0.313. The summed E-state index contributed by atoms with van der Waals surface area (Å²) in [5, 5.41) is 4.50. The summed E-state index contributed by atoms with van der Waals surface area (Å²) < 4.78 is 13.4. The van der Waals surface area contributed by atoms with Crippen LogP contribution in [0, 0.1) is 5.82 Å². The SMILES string of the molecule is Nc1ccc(CCNc2ncnc3ccc(F)cc23)c(Cl)c1. The second kappa shape index (κ2) is 6.15. The van der Waals surface area contributed by atoms with E-state index in [4.69, 9.17) is 17.3 Å². The monoisotopic (exact) mass is 316 g/mol. The van der Waals surface area contributed by atoms with Crippen molar-refractivity contribution in [1.29, 1.82) is 0 Å². The minimum absolute atomic E-state index is 0.313. The lowest BCUT2D eigenvalue weighted by atomic mass is 10.1. The number of nitrogens with zero attached hydrogens (tertiary/aromatic N) is 2. The molecule has 0 aliphatic carbocycles. The van der Waals surface area contributed by atoms with E-state index in [2.05, 4.69) is 15.3 Å². The summed E-state index contributed by atoms with van der Waals surface area (Å²) in [4.78, 5) is 8.29. The van der Waals surface area contributed by atoms with Gasteiger partial charge in [0.05, 0.1) is 5.52 Å². The van der Waals surface area contributed by atoms with Gasteiger partial charge in [-0.15, -0.1) is 0 Å². The average molecular weight is 317 g/mol. The molecule has 0 spiro atoms. The average Bonchev–Trinajstić information content (AvgIpc) is 2.50. The number of halogens is 2. The van der Waals surface area contributed by atoms with Crippen LogP contribution in [-0.2, 0) is 6.42 Å². The van der Waals surface area contributed by atoms with E-state index in [-0.39, 0.29) is 5.82 Å². The fraction of sp³-hybridized carbons (Fsp3) is 0.125. The Morgan fingerprint density at radius 2 is 2.00 bits per heavy atom. The van der Waals surface area contributed by atoms with Gasteiger partial charge in [0.2, 0.25) is 0 Å². The van der Waals surface area contributed by atoms with E-state index in [0.717, 1.165) is 5.56 Å². The zero-order valence-corrected chi connectivity index (χ0v) is 12.4. The maximum Gasteiger partial charge on any atom is 0.137 e. The van der Waals surface area contributed by atoms with E-state index < -0.39 is 0 Å². The van der Waals surface area contributed by atoms with Crippen molar-refractivity contribution in [2.45, 2.75) is 6.42 Å². The first-order valence-electron chi connectivity index (χ1n) is 6.81. The van der Waals surface area contributed by atoms with E-state index in [9.17, 15) is 4.39 Å². The molecule has 112 valence electrons. The number of nitrogens with one attached hydrogen (secondary N) is 1. The Morgan fingerprint density at radius 3 is 2.82 bits per heavy atom. The van der Waals surface area contributed by atoms with Gasteiger partial charge in [0.25, 0.3) is 0 Å². The van der Waals surface area contributed by atoms with Crippen molar-refractivity contribution in [3.8, 4) is 0 Å². The van der Waals surface area contributed by atoms with Crippen LogP contribution in [0.15, 0.2) is 42.7 Å². The van der Waals surface area contributed by atoms with Gasteiger partial charge in [-0.25, -0.2) is 14.4 Å². The van der Waals surface area contributed by atoms with E-state index in [1.807, 2.05) is 12.1 Å². The standard InChI is InChI=1S/C16H14ClFN4/c17-14-8-12(19)3-1-10(14)5-6-20-16-13-7-11(18)2-4-15(13)21-9-22-16/h1-4,7-9H,5-6,19H2,(H,20,21,22). The molecule has 0 atom stereocenters. The molecule has 2 aromatic carbocycles. The van der Waals surface area contributed by atoms with Gasteiger partial charge >= 0.3 is 0 Å². The molecule has 0 saturated heterocycles. The highest BCUT2D eigenvalue weighted by molar-refractivity contribution is 6.31. The Labute approximate surface area is 132 Å². The lowest BCUT2D eigenvalue weighted by Gasteiger charge is -2.09. The first-order valence-corrected chi connectivity index (χ1v) is 7.19. The number of rotatable bonds is 4. The molecule has 0 bridgehead atoms. The Hall–Kier alpha value is -2.40. The van der Waals surface area contributed by atoms with Crippen molar-refractivity contribution in [2.24, 2.45) is 0 Å². The third-order valence-electron chi connectivity index (χ3n) is 3.36. The van der Waals surface area contributed by atoms with E-state index >= 15 is 0 Å². The van der Waals surface area contributed by atoms with Crippen LogP contribution >= 0.6 is 11.6 Å². The molecule has 0 aliphatic rings. The normalized spacial score (nSPS) is 10.8. The molecule has 4 nitrogen and oxygen atoms in total. The Bertz CT molecular complexity index is 822. The van der Waals surface area contributed by atoms with Crippen molar-refractivity contribution in [1.82, 2.24) is 9.97 Å². The molecule has 1 aromatic heterocycles. The zero-order chi connectivity index (χ0) is 15.5. The highest BCUT2D eigenvalue weighted by atomic mass is 35.5. The van der Waals surface area contributed by atoms with Crippen LogP contribution in [0.5, 0.6) is 0 Å². The van der Waals surface area contributed by atoms with E-state index in [0.29, 0.717) is 40.4 Å². The molecule has 3 N–H and O–H groups in total. The van der Waals surface area contributed by atoms with Crippen LogP contribution < -0.4 is 11.1 Å². The van der Waals surface area contributed by atoms with Crippen molar-refractivity contribution >= 4 is 34.0 Å². The molecule has 22 heavy (non-hydrogen) atoms. The molecular weight excluding hydrogens is 303 g/mol. The minimum Gasteiger partial charge on any atom is -0.399 e. The Balaban J connectivity index is 1.75. The highest BCUT2D eigenvalue weighted by Crippen LogP contribution is 2.22. The summed E-state index contributed by atoms with van der Waals surface area (Å²) in [6.45, 7) is 0.617. The number of hydrogen-bond donors (Lipinski definition) is 2. The van der Waals surface area contributed by atoms with E-state index in [1.165, 1.54) is 18.5 Å². The quantitative estimate of drug-likeness (QED) is 0.721. The summed E-state index contributed by atoms with van der Waals surface area (Å²) in [5.41, 5.74) is 8.00.